The van der Waals surface area contributed by atoms with Crippen LogP contribution in [0, 0.1) is 11.7 Å². The van der Waals surface area contributed by atoms with Crippen molar-refractivity contribution in [1.82, 2.24) is 0 Å². The molecule has 0 aromatic heterocycles. The molecule has 1 heteroatoms. The molecule has 2 aromatic rings. The number of aryl methyl sites for hydroxylation is 1. The van der Waals surface area contributed by atoms with E-state index in [0.717, 1.165) is 42.0 Å². The standard InChI is InChI=1S/C23H27F/c1-3-5-7-18-10-14-22-20(16-18)13-15-21(23(22)24)19-11-8-17(6-4-2)9-12-19/h3-4,6,10,13-17,19H,1,5,7-9,11-12H2,2H3/b6-4+. The fourth-order valence-corrected chi connectivity index (χ4v) is 3.99. The van der Waals surface area contributed by atoms with Crippen molar-refractivity contribution in [3.8, 4) is 0 Å². The number of halogens is 1. The van der Waals surface area contributed by atoms with Crippen molar-refractivity contribution in [3.63, 3.8) is 0 Å². The smallest absolute Gasteiger partial charge is 0.134 e. The summed E-state index contributed by atoms with van der Waals surface area (Å²) in [5.41, 5.74) is 2.17. The Kier molecular flexibility index (Phi) is 5.50. The van der Waals surface area contributed by atoms with Crippen molar-refractivity contribution < 1.29 is 4.39 Å². The second-order valence-electron chi connectivity index (χ2n) is 6.99. The Bertz CT molecular complexity index is 733. The third kappa shape index (κ3) is 3.61. The Morgan fingerprint density at radius 1 is 1.12 bits per heavy atom. The minimum Gasteiger partial charge on any atom is -0.206 e. The maximum absolute atomic E-state index is 15.1. The first-order valence-electron chi connectivity index (χ1n) is 9.17. The molecule has 0 spiro atoms. The lowest BCUT2D eigenvalue weighted by Gasteiger charge is -2.27. The second kappa shape index (κ2) is 7.79. The molecule has 0 atom stereocenters. The van der Waals surface area contributed by atoms with Gasteiger partial charge >= 0.3 is 0 Å². The lowest BCUT2D eigenvalue weighted by molar-refractivity contribution is 0.369. The van der Waals surface area contributed by atoms with Crippen LogP contribution >= 0.6 is 0 Å². The molecule has 1 saturated carbocycles. The van der Waals surface area contributed by atoms with E-state index < -0.39 is 0 Å². The maximum atomic E-state index is 15.1. The van der Waals surface area contributed by atoms with Crippen molar-refractivity contribution in [2.45, 2.75) is 51.4 Å². The van der Waals surface area contributed by atoms with E-state index in [1.54, 1.807) is 0 Å². The van der Waals surface area contributed by atoms with Gasteiger partial charge in [-0.25, -0.2) is 4.39 Å². The van der Waals surface area contributed by atoms with Crippen LogP contribution in [-0.4, -0.2) is 0 Å². The first-order chi connectivity index (χ1) is 11.7. The largest absolute Gasteiger partial charge is 0.206 e. The Morgan fingerprint density at radius 2 is 1.92 bits per heavy atom. The van der Waals surface area contributed by atoms with Crippen molar-refractivity contribution in [2.75, 3.05) is 0 Å². The van der Waals surface area contributed by atoms with Crippen molar-refractivity contribution in [3.05, 3.63) is 72.1 Å². The molecule has 1 fully saturated rings. The summed E-state index contributed by atoms with van der Waals surface area (Å²) in [6.07, 6.45) is 12.8. The maximum Gasteiger partial charge on any atom is 0.134 e. The number of rotatable bonds is 5. The number of allylic oxidation sites excluding steroid dienone is 3. The molecule has 126 valence electrons. The van der Waals surface area contributed by atoms with Gasteiger partial charge in [0, 0.05) is 5.39 Å². The molecule has 0 amide bonds. The number of hydrogen-bond donors (Lipinski definition) is 0. The quantitative estimate of drug-likeness (QED) is 0.523. The summed E-state index contributed by atoms with van der Waals surface area (Å²) in [6.45, 7) is 5.85. The topological polar surface area (TPSA) is 0 Å². The summed E-state index contributed by atoms with van der Waals surface area (Å²) in [5.74, 6) is 1.05. The molecule has 24 heavy (non-hydrogen) atoms. The minimum absolute atomic E-state index is 0.00254. The van der Waals surface area contributed by atoms with Gasteiger partial charge in [0.1, 0.15) is 5.82 Å². The Hall–Kier alpha value is -1.89. The summed E-state index contributed by atoms with van der Waals surface area (Å²) < 4.78 is 15.1. The summed E-state index contributed by atoms with van der Waals surface area (Å²) in [7, 11) is 0. The van der Waals surface area contributed by atoms with E-state index >= 15 is 4.39 Å². The second-order valence-corrected chi connectivity index (χ2v) is 6.99. The molecule has 0 aliphatic heterocycles. The van der Waals surface area contributed by atoms with Gasteiger partial charge in [0.15, 0.2) is 0 Å². The van der Waals surface area contributed by atoms with Gasteiger partial charge in [0.05, 0.1) is 0 Å². The predicted octanol–water partition coefficient (Wildman–Crippen LogP) is 6.95. The van der Waals surface area contributed by atoms with E-state index in [0.29, 0.717) is 11.8 Å². The zero-order valence-electron chi connectivity index (χ0n) is 14.6. The van der Waals surface area contributed by atoms with Gasteiger partial charge in [-0.2, -0.15) is 0 Å². The van der Waals surface area contributed by atoms with E-state index in [2.05, 4.69) is 43.9 Å². The zero-order chi connectivity index (χ0) is 16.9. The van der Waals surface area contributed by atoms with Gasteiger partial charge in [-0.15, -0.1) is 6.58 Å². The highest BCUT2D eigenvalue weighted by atomic mass is 19.1. The van der Waals surface area contributed by atoms with Crippen LogP contribution in [0.4, 0.5) is 4.39 Å². The summed E-state index contributed by atoms with van der Waals surface area (Å²) in [4.78, 5) is 0. The van der Waals surface area contributed by atoms with Gasteiger partial charge in [0.25, 0.3) is 0 Å². The molecule has 2 aromatic carbocycles. The number of benzene rings is 2. The minimum atomic E-state index is -0.00254. The highest BCUT2D eigenvalue weighted by molar-refractivity contribution is 5.84. The molecule has 1 aliphatic rings. The fraction of sp³-hybridized carbons (Fsp3) is 0.391. The highest BCUT2D eigenvalue weighted by Gasteiger charge is 2.23. The SMILES string of the molecule is C=CCCc1ccc2c(F)c(C3CCC(/C=C/C)CC3)ccc2c1. The average molecular weight is 322 g/mol. The Labute approximate surface area is 145 Å². The third-order valence-electron chi connectivity index (χ3n) is 5.36. The lowest BCUT2D eigenvalue weighted by atomic mass is 9.78. The van der Waals surface area contributed by atoms with Gasteiger partial charge in [-0.1, -0.05) is 48.6 Å². The van der Waals surface area contributed by atoms with Crippen LogP contribution in [0.3, 0.4) is 0 Å². The van der Waals surface area contributed by atoms with Crippen LogP contribution in [0.2, 0.25) is 0 Å². The molecule has 0 unspecified atom stereocenters. The Morgan fingerprint density at radius 3 is 2.62 bits per heavy atom. The van der Waals surface area contributed by atoms with E-state index in [-0.39, 0.29) is 5.82 Å². The van der Waals surface area contributed by atoms with Crippen LogP contribution in [0.5, 0.6) is 0 Å². The number of fused-ring (bicyclic) bond motifs is 1. The van der Waals surface area contributed by atoms with Crippen molar-refractivity contribution in [2.24, 2.45) is 5.92 Å². The molecular weight excluding hydrogens is 295 g/mol. The van der Waals surface area contributed by atoms with E-state index in [9.17, 15) is 0 Å². The third-order valence-corrected chi connectivity index (χ3v) is 5.36. The first kappa shape index (κ1) is 17.0. The molecule has 1 aliphatic carbocycles. The molecule has 0 saturated heterocycles. The van der Waals surface area contributed by atoms with Gasteiger partial charge in [-0.3, -0.25) is 0 Å². The van der Waals surface area contributed by atoms with Gasteiger partial charge in [0.2, 0.25) is 0 Å². The van der Waals surface area contributed by atoms with Gasteiger partial charge in [-0.05, 0) is 73.8 Å². The van der Waals surface area contributed by atoms with Crippen molar-refractivity contribution in [1.29, 1.82) is 0 Å². The predicted molar refractivity (Wildman–Crippen MR) is 102 cm³/mol. The first-order valence-corrected chi connectivity index (χ1v) is 9.17. The van der Waals surface area contributed by atoms with E-state index in [1.807, 2.05) is 18.2 Å². The molecular formula is C23H27F. The lowest BCUT2D eigenvalue weighted by Crippen LogP contribution is -2.13. The zero-order valence-corrected chi connectivity index (χ0v) is 14.6. The van der Waals surface area contributed by atoms with Gasteiger partial charge < -0.3 is 0 Å². The van der Waals surface area contributed by atoms with Crippen molar-refractivity contribution >= 4 is 10.8 Å². The van der Waals surface area contributed by atoms with Crippen LogP contribution in [-0.2, 0) is 6.42 Å². The van der Waals surface area contributed by atoms with Crippen LogP contribution in [0.25, 0.3) is 10.8 Å². The van der Waals surface area contributed by atoms with Crippen LogP contribution in [0.1, 0.15) is 56.1 Å². The average Bonchev–Trinajstić information content (AvgIpc) is 2.61. The summed E-state index contributed by atoms with van der Waals surface area (Å²) in [5, 5.41) is 1.78. The van der Waals surface area contributed by atoms with Crippen LogP contribution < -0.4 is 0 Å². The fourth-order valence-electron chi connectivity index (χ4n) is 3.99. The van der Waals surface area contributed by atoms with Crippen LogP contribution in [0.15, 0.2) is 55.1 Å². The molecule has 3 rings (SSSR count). The number of hydrogen-bond acceptors (Lipinski definition) is 0. The van der Waals surface area contributed by atoms with E-state index in [1.165, 1.54) is 18.4 Å². The normalized spacial score (nSPS) is 21.4. The summed E-state index contributed by atoms with van der Waals surface area (Å²) >= 11 is 0. The summed E-state index contributed by atoms with van der Waals surface area (Å²) in [6, 6.07) is 10.3. The molecule has 0 bridgehead atoms. The highest BCUT2D eigenvalue weighted by Crippen LogP contribution is 2.38. The molecule has 0 N–H and O–H groups in total. The monoisotopic (exact) mass is 322 g/mol. The molecule has 0 heterocycles. The van der Waals surface area contributed by atoms with E-state index in [4.69, 9.17) is 0 Å². The molecule has 0 nitrogen and oxygen atoms in total. The Balaban J connectivity index is 1.82. The molecule has 0 radical (unpaired) electrons.